The van der Waals surface area contributed by atoms with E-state index in [1.165, 1.54) is 0 Å². The van der Waals surface area contributed by atoms with Crippen LogP contribution < -0.4 is 5.73 Å². The molecule has 0 rings (SSSR count). The number of nitrogens with zero attached hydrogens (tertiary/aromatic N) is 1. The number of rotatable bonds is 8. The van der Waals surface area contributed by atoms with Gasteiger partial charge in [-0.1, -0.05) is 20.3 Å². The van der Waals surface area contributed by atoms with E-state index in [-0.39, 0.29) is 6.54 Å². The Hall–Kier alpha value is -0.780. The predicted molar refractivity (Wildman–Crippen MR) is 65.0 cm³/mol. The third-order valence-electron chi connectivity index (χ3n) is 2.73. The van der Waals surface area contributed by atoms with Crippen LogP contribution >= 0.6 is 0 Å². The largest absolute Gasteiger partial charge is 0.406 e. The van der Waals surface area contributed by atoms with Gasteiger partial charge in [-0.3, -0.25) is 4.79 Å². The Bertz CT molecular complexity index is 244. The minimum absolute atomic E-state index is 0.168. The molecular formula is C12H23F3N2O. The minimum atomic E-state index is -4.34. The van der Waals surface area contributed by atoms with Crippen LogP contribution in [0, 0.1) is 5.92 Å². The maximum absolute atomic E-state index is 12.4. The number of hydrogen-bond donors (Lipinski definition) is 1. The fraction of sp³-hybridized carbons (Fsp3) is 0.917. The van der Waals surface area contributed by atoms with Gasteiger partial charge in [0.05, 0.1) is 0 Å². The Labute approximate surface area is 107 Å². The van der Waals surface area contributed by atoms with Crippen LogP contribution in [0.2, 0.25) is 0 Å². The summed E-state index contributed by atoms with van der Waals surface area (Å²) >= 11 is 0. The first kappa shape index (κ1) is 17.2. The van der Waals surface area contributed by atoms with Gasteiger partial charge in [0.1, 0.15) is 6.54 Å². The van der Waals surface area contributed by atoms with E-state index in [1.807, 2.05) is 6.92 Å². The predicted octanol–water partition coefficient (Wildman–Crippen LogP) is 2.55. The number of halogens is 3. The van der Waals surface area contributed by atoms with Gasteiger partial charge < -0.3 is 10.6 Å². The first-order valence-electron chi connectivity index (χ1n) is 6.37. The number of carbonyl (C=O) groups is 1. The van der Waals surface area contributed by atoms with Gasteiger partial charge in [0.2, 0.25) is 5.91 Å². The van der Waals surface area contributed by atoms with Gasteiger partial charge >= 0.3 is 6.18 Å². The lowest BCUT2D eigenvalue weighted by Crippen LogP contribution is -2.42. The highest BCUT2D eigenvalue weighted by Crippen LogP contribution is 2.19. The van der Waals surface area contributed by atoms with Crippen LogP contribution in [0.3, 0.4) is 0 Å². The smallest absolute Gasteiger partial charge is 0.333 e. The van der Waals surface area contributed by atoms with Crippen molar-refractivity contribution in [2.24, 2.45) is 11.7 Å². The van der Waals surface area contributed by atoms with Crippen molar-refractivity contribution >= 4 is 5.91 Å². The SMILES string of the molecule is CCCCN(CC(F)(F)F)C(=O)C(C)CCCN. The number of nitrogens with two attached hydrogens (primary N) is 1. The van der Waals surface area contributed by atoms with E-state index in [0.29, 0.717) is 25.8 Å². The number of amides is 1. The Morgan fingerprint density at radius 3 is 2.39 bits per heavy atom. The summed E-state index contributed by atoms with van der Waals surface area (Å²) in [6.07, 6.45) is -1.79. The van der Waals surface area contributed by atoms with E-state index in [0.717, 1.165) is 11.3 Å². The average Bonchev–Trinajstić information content (AvgIpc) is 2.29. The molecule has 0 spiro atoms. The Morgan fingerprint density at radius 1 is 1.33 bits per heavy atom. The summed E-state index contributed by atoms with van der Waals surface area (Å²) in [4.78, 5) is 12.8. The Kier molecular flexibility index (Phi) is 7.98. The van der Waals surface area contributed by atoms with Crippen LogP contribution in [-0.4, -0.2) is 36.6 Å². The lowest BCUT2D eigenvalue weighted by atomic mass is 10.0. The average molecular weight is 268 g/mol. The molecule has 0 aromatic carbocycles. The highest BCUT2D eigenvalue weighted by Gasteiger charge is 2.33. The van der Waals surface area contributed by atoms with Gasteiger partial charge in [-0.05, 0) is 25.8 Å². The Balaban J connectivity index is 4.47. The van der Waals surface area contributed by atoms with Crippen molar-refractivity contribution in [1.82, 2.24) is 4.90 Å². The lowest BCUT2D eigenvalue weighted by Gasteiger charge is -2.26. The quantitative estimate of drug-likeness (QED) is 0.735. The molecule has 1 amide bonds. The zero-order valence-electron chi connectivity index (χ0n) is 11.1. The van der Waals surface area contributed by atoms with Gasteiger partial charge in [-0.15, -0.1) is 0 Å². The van der Waals surface area contributed by atoms with Crippen molar-refractivity contribution in [2.75, 3.05) is 19.6 Å². The van der Waals surface area contributed by atoms with Crippen molar-refractivity contribution in [3.63, 3.8) is 0 Å². The maximum Gasteiger partial charge on any atom is 0.406 e. The molecule has 108 valence electrons. The standard InChI is InChI=1S/C12H23F3N2O/c1-3-4-8-17(9-12(13,14)15)11(18)10(2)6-5-7-16/h10H,3-9,16H2,1-2H3. The second-order valence-corrected chi connectivity index (χ2v) is 4.56. The van der Waals surface area contributed by atoms with E-state index in [9.17, 15) is 18.0 Å². The topological polar surface area (TPSA) is 46.3 Å². The lowest BCUT2D eigenvalue weighted by molar-refractivity contribution is -0.163. The number of carbonyl (C=O) groups excluding carboxylic acids is 1. The molecule has 3 nitrogen and oxygen atoms in total. The monoisotopic (exact) mass is 268 g/mol. The Morgan fingerprint density at radius 2 is 1.94 bits per heavy atom. The summed E-state index contributed by atoms with van der Waals surface area (Å²) in [7, 11) is 0. The van der Waals surface area contributed by atoms with E-state index >= 15 is 0 Å². The molecule has 0 aliphatic rings. The highest BCUT2D eigenvalue weighted by molar-refractivity contribution is 5.78. The molecule has 0 saturated heterocycles. The van der Waals surface area contributed by atoms with E-state index in [1.54, 1.807) is 6.92 Å². The summed E-state index contributed by atoms with van der Waals surface area (Å²) in [6.45, 7) is 3.01. The molecule has 0 aliphatic carbocycles. The van der Waals surface area contributed by atoms with Crippen molar-refractivity contribution in [3.05, 3.63) is 0 Å². The molecule has 0 heterocycles. The van der Waals surface area contributed by atoms with Crippen molar-refractivity contribution in [2.45, 2.75) is 45.7 Å². The second kappa shape index (κ2) is 8.34. The molecule has 1 atom stereocenters. The fourth-order valence-corrected chi connectivity index (χ4v) is 1.69. The third kappa shape index (κ3) is 7.53. The molecule has 0 bridgehead atoms. The molecule has 2 N–H and O–H groups in total. The highest BCUT2D eigenvalue weighted by atomic mass is 19.4. The van der Waals surface area contributed by atoms with Gasteiger partial charge in [0, 0.05) is 12.5 Å². The van der Waals surface area contributed by atoms with Gasteiger partial charge in [0.25, 0.3) is 0 Å². The number of alkyl halides is 3. The summed E-state index contributed by atoms with van der Waals surface area (Å²) in [6, 6.07) is 0. The maximum atomic E-state index is 12.4. The van der Waals surface area contributed by atoms with Crippen LogP contribution in [0.4, 0.5) is 13.2 Å². The first-order chi connectivity index (χ1) is 8.31. The molecule has 0 saturated carbocycles. The zero-order valence-corrected chi connectivity index (χ0v) is 11.1. The van der Waals surface area contributed by atoms with Crippen molar-refractivity contribution in [1.29, 1.82) is 0 Å². The summed E-state index contributed by atoms with van der Waals surface area (Å²) in [5, 5.41) is 0. The third-order valence-corrected chi connectivity index (χ3v) is 2.73. The molecular weight excluding hydrogens is 245 g/mol. The van der Waals surface area contributed by atoms with Crippen LogP contribution in [0.1, 0.15) is 39.5 Å². The first-order valence-corrected chi connectivity index (χ1v) is 6.37. The molecule has 0 aromatic rings. The molecule has 0 aromatic heterocycles. The molecule has 1 unspecified atom stereocenters. The molecule has 18 heavy (non-hydrogen) atoms. The minimum Gasteiger partial charge on any atom is -0.333 e. The van der Waals surface area contributed by atoms with Gasteiger partial charge in [0.15, 0.2) is 0 Å². The molecule has 0 fully saturated rings. The van der Waals surface area contributed by atoms with Crippen LogP contribution in [0.25, 0.3) is 0 Å². The zero-order chi connectivity index (χ0) is 14.2. The normalized spacial score (nSPS) is 13.4. The molecule has 0 radical (unpaired) electrons. The van der Waals surface area contributed by atoms with E-state index < -0.39 is 24.5 Å². The van der Waals surface area contributed by atoms with Crippen LogP contribution in [0.5, 0.6) is 0 Å². The fourth-order valence-electron chi connectivity index (χ4n) is 1.69. The summed E-state index contributed by atoms with van der Waals surface area (Å²) in [5.74, 6) is -0.818. The van der Waals surface area contributed by atoms with E-state index in [2.05, 4.69) is 0 Å². The summed E-state index contributed by atoms with van der Waals surface area (Å²) < 4.78 is 37.2. The summed E-state index contributed by atoms with van der Waals surface area (Å²) in [5.41, 5.74) is 5.33. The molecule has 0 aliphatic heterocycles. The van der Waals surface area contributed by atoms with Crippen LogP contribution in [-0.2, 0) is 4.79 Å². The number of hydrogen-bond acceptors (Lipinski definition) is 2. The van der Waals surface area contributed by atoms with Crippen LogP contribution in [0.15, 0.2) is 0 Å². The van der Waals surface area contributed by atoms with Crippen molar-refractivity contribution < 1.29 is 18.0 Å². The van der Waals surface area contributed by atoms with Gasteiger partial charge in [-0.25, -0.2) is 0 Å². The molecule has 6 heteroatoms. The second-order valence-electron chi connectivity index (χ2n) is 4.56. The van der Waals surface area contributed by atoms with E-state index in [4.69, 9.17) is 5.73 Å². The van der Waals surface area contributed by atoms with Crippen molar-refractivity contribution in [3.8, 4) is 0 Å². The number of unbranched alkanes of at least 4 members (excludes halogenated alkanes) is 1. The van der Waals surface area contributed by atoms with Gasteiger partial charge in [-0.2, -0.15) is 13.2 Å².